The first-order valence-corrected chi connectivity index (χ1v) is 7.92. The largest absolute Gasteiger partial charge is 0.309 e. The molecule has 0 saturated heterocycles. The Labute approximate surface area is 129 Å². The normalized spacial score (nSPS) is 16.1. The van der Waals surface area contributed by atoms with E-state index in [9.17, 15) is 0 Å². The van der Waals surface area contributed by atoms with Gasteiger partial charge < -0.3 is 10.2 Å². The highest BCUT2D eigenvalue weighted by Crippen LogP contribution is 2.34. The van der Waals surface area contributed by atoms with Crippen molar-refractivity contribution in [2.24, 2.45) is 0 Å². The molecule has 114 valence electrons. The molecule has 0 heterocycles. The van der Waals surface area contributed by atoms with Gasteiger partial charge in [0.25, 0.3) is 0 Å². The van der Waals surface area contributed by atoms with E-state index >= 15 is 0 Å². The quantitative estimate of drug-likeness (QED) is 0.854. The van der Waals surface area contributed by atoms with E-state index in [1.165, 1.54) is 16.3 Å². The molecule has 0 spiro atoms. The first-order valence-electron chi connectivity index (χ1n) is 7.92. The van der Waals surface area contributed by atoms with Crippen molar-refractivity contribution >= 4 is 10.8 Å². The molecular weight excluding hydrogens is 256 g/mol. The Bertz CT molecular complexity index is 591. The Morgan fingerprint density at radius 2 is 1.71 bits per heavy atom. The average molecular weight is 284 g/mol. The second-order valence-corrected chi connectivity index (χ2v) is 6.20. The van der Waals surface area contributed by atoms with E-state index in [4.69, 9.17) is 0 Å². The third-order valence-corrected chi connectivity index (χ3v) is 4.87. The highest BCUT2D eigenvalue weighted by atomic mass is 15.2. The van der Waals surface area contributed by atoms with Crippen molar-refractivity contribution in [1.82, 2.24) is 10.2 Å². The molecule has 0 aliphatic carbocycles. The van der Waals surface area contributed by atoms with E-state index < -0.39 is 0 Å². The summed E-state index contributed by atoms with van der Waals surface area (Å²) in [5.74, 6) is 0. The van der Waals surface area contributed by atoms with E-state index in [0.29, 0.717) is 6.04 Å². The van der Waals surface area contributed by atoms with Crippen molar-refractivity contribution in [3.05, 3.63) is 48.0 Å². The molecule has 0 amide bonds. The number of benzene rings is 2. The molecule has 2 aromatic rings. The number of nitrogens with one attached hydrogen (secondary N) is 1. The lowest BCUT2D eigenvalue weighted by molar-refractivity contribution is 0.114. The second kappa shape index (κ2) is 6.59. The Kier molecular flexibility index (Phi) is 5.02. The zero-order chi connectivity index (χ0) is 15.5. The molecule has 2 rings (SSSR count). The summed E-state index contributed by atoms with van der Waals surface area (Å²) in [4.78, 5) is 2.34. The third kappa shape index (κ3) is 3.12. The lowest BCUT2D eigenvalue weighted by Gasteiger charge is -2.43. The van der Waals surface area contributed by atoms with Crippen LogP contribution in [0.2, 0.25) is 0 Å². The Morgan fingerprint density at radius 1 is 1.05 bits per heavy atom. The summed E-state index contributed by atoms with van der Waals surface area (Å²) >= 11 is 0. The molecule has 0 saturated carbocycles. The average Bonchev–Trinajstić information content (AvgIpc) is 2.51. The van der Waals surface area contributed by atoms with Crippen molar-refractivity contribution in [2.75, 3.05) is 20.6 Å². The van der Waals surface area contributed by atoms with Crippen LogP contribution in [0.5, 0.6) is 0 Å². The number of likely N-dealkylation sites (N-methyl/N-ethyl adjacent to an activating group) is 2. The van der Waals surface area contributed by atoms with Crippen molar-refractivity contribution in [1.29, 1.82) is 0 Å². The predicted molar refractivity (Wildman–Crippen MR) is 92.7 cm³/mol. The van der Waals surface area contributed by atoms with Gasteiger partial charge >= 0.3 is 0 Å². The molecule has 2 heteroatoms. The van der Waals surface area contributed by atoms with Gasteiger partial charge in [-0.15, -0.1) is 0 Å². The zero-order valence-corrected chi connectivity index (χ0v) is 14.0. The van der Waals surface area contributed by atoms with Crippen molar-refractivity contribution in [3.8, 4) is 0 Å². The third-order valence-electron chi connectivity index (χ3n) is 4.87. The summed E-state index contributed by atoms with van der Waals surface area (Å²) in [6, 6.07) is 15.7. The monoisotopic (exact) mass is 284 g/mol. The van der Waals surface area contributed by atoms with Gasteiger partial charge in [0, 0.05) is 5.54 Å². The van der Waals surface area contributed by atoms with Crippen LogP contribution in [0.4, 0.5) is 0 Å². The van der Waals surface area contributed by atoms with E-state index in [1.54, 1.807) is 0 Å². The van der Waals surface area contributed by atoms with Crippen LogP contribution in [0.1, 0.15) is 38.8 Å². The minimum atomic E-state index is 0.0957. The van der Waals surface area contributed by atoms with Crippen molar-refractivity contribution in [3.63, 3.8) is 0 Å². The minimum absolute atomic E-state index is 0.0957. The van der Waals surface area contributed by atoms with Crippen molar-refractivity contribution < 1.29 is 0 Å². The van der Waals surface area contributed by atoms with E-state index in [1.807, 2.05) is 0 Å². The van der Waals surface area contributed by atoms with Gasteiger partial charge in [0.2, 0.25) is 0 Å². The fourth-order valence-electron chi connectivity index (χ4n) is 3.07. The Hall–Kier alpha value is -1.38. The Balaban J connectivity index is 2.49. The van der Waals surface area contributed by atoms with Crippen LogP contribution < -0.4 is 5.32 Å². The van der Waals surface area contributed by atoms with Crippen LogP contribution in [-0.4, -0.2) is 31.1 Å². The lowest BCUT2D eigenvalue weighted by Crippen LogP contribution is -2.51. The summed E-state index contributed by atoms with van der Waals surface area (Å²) < 4.78 is 0. The van der Waals surface area contributed by atoms with Crippen molar-refractivity contribution in [2.45, 2.75) is 38.8 Å². The fourth-order valence-corrected chi connectivity index (χ4v) is 3.07. The lowest BCUT2D eigenvalue weighted by atomic mass is 9.83. The summed E-state index contributed by atoms with van der Waals surface area (Å²) in [7, 11) is 4.35. The van der Waals surface area contributed by atoms with Crippen LogP contribution in [0.15, 0.2) is 42.5 Å². The van der Waals surface area contributed by atoms with Crippen LogP contribution in [0.25, 0.3) is 10.8 Å². The van der Waals surface area contributed by atoms with Crippen LogP contribution >= 0.6 is 0 Å². The molecule has 0 fully saturated rings. The first-order chi connectivity index (χ1) is 10.0. The summed E-state index contributed by atoms with van der Waals surface area (Å²) in [6.07, 6.45) is 1.10. The number of hydrogen-bond acceptors (Lipinski definition) is 2. The maximum atomic E-state index is 3.69. The standard InChI is InChI=1S/C19H28N2/c1-6-19(3,21(4)5)18(20-7-2)17-13-12-15-10-8-9-11-16(15)14-17/h8-14,18,20H,6-7H2,1-5H3. The maximum Gasteiger partial charge on any atom is 0.0504 e. The van der Waals surface area contributed by atoms with Gasteiger partial charge in [0.05, 0.1) is 6.04 Å². The topological polar surface area (TPSA) is 15.3 Å². The molecule has 0 bridgehead atoms. The SMILES string of the molecule is CCNC(c1ccc2ccccc2c1)C(C)(CC)N(C)C. The molecule has 2 atom stereocenters. The van der Waals surface area contributed by atoms with Gasteiger partial charge in [-0.2, -0.15) is 0 Å². The molecule has 2 nitrogen and oxygen atoms in total. The molecule has 0 radical (unpaired) electrons. The van der Waals surface area contributed by atoms with E-state index in [2.05, 4.69) is 87.5 Å². The van der Waals surface area contributed by atoms with E-state index in [0.717, 1.165) is 13.0 Å². The highest BCUT2D eigenvalue weighted by Gasteiger charge is 2.35. The number of nitrogens with zero attached hydrogens (tertiary/aromatic N) is 1. The maximum absolute atomic E-state index is 3.69. The number of rotatable bonds is 6. The molecular formula is C19H28N2. The molecule has 21 heavy (non-hydrogen) atoms. The molecule has 0 aliphatic heterocycles. The van der Waals surface area contributed by atoms with Gasteiger partial charge in [-0.3, -0.25) is 0 Å². The summed E-state index contributed by atoms with van der Waals surface area (Å²) in [5, 5.41) is 6.31. The summed E-state index contributed by atoms with van der Waals surface area (Å²) in [5.41, 5.74) is 1.46. The van der Waals surface area contributed by atoms with Crippen LogP contribution in [-0.2, 0) is 0 Å². The first kappa shape index (κ1) is 16.0. The van der Waals surface area contributed by atoms with E-state index in [-0.39, 0.29) is 5.54 Å². The molecule has 0 aromatic heterocycles. The number of hydrogen-bond donors (Lipinski definition) is 1. The molecule has 2 aromatic carbocycles. The van der Waals surface area contributed by atoms with Crippen LogP contribution in [0, 0.1) is 0 Å². The van der Waals surface area contributed by atoms with Gasteiger partial charge in [-0.05, 0) is 56.4 Å². The fraction of sp³-hybridized carbons (Fsp3) is 0.474. The highest BCUT2D eigenvalue weighted by molar-refractivity contribution is 5.83. The van der Waals surface area contributed by atoms with Gasteiger partial charge in [0.1, 0.15) is 0 Å². The van der Waals surface area contributed by atoms with Gasteiger partial charge in [0.15, 0.2) is 0 Å². The smallest absolute Gasteiger partial charge is 0.0504 e. The second-order valence-electron chi connectivity index (χ2n) is 6.20. The Morgan fingerprint density at radius 3 is 2.29 bits per heavy atom. The molecule has 1 N–H and O–H groups in total. The minimum Gasteiger partial charge on any atom is -0.309 e. The van der Waals surface area contributed by atoms with Gasteiger partial charge in [-0.25, -0.2) is 0 Å². The molecule has 2 unspecified atom stereocenters. The predicted octanol–water partition coefficient (Wildman–Crippen LogP) is 4.22. The summed E-state index contributed by atoms with van der Waals surface area (Å²) in [6.45, 7) is 7.77. The molecule has 0 aliphatic rings. The van der Waals surface area contributed by atoms with Gasteiger partial charge in [-0.1, -0.05) is 50.2 Å². The zero-order valence-electron chi connectivity index (χ0n) is 14.0. The van der Waals surface area contributed by atoms with Crippen LogP contribution in [0.3, 0.4) is 0 Å². The number of fused-ring (bicyclic) bond motifs is 1.